The van der Waals surface area contributed by atoms with E-state index in [9.17, 15) is 0 Å². The molecule has 4 rings (SSSR count). The largest absolute Gasteiger partial charge is 0.315 e. The maximum Gasteiger partial charge on any atom is 0.0361 e. The molecule has 1 fully saturated rings. The molecular formula is C16H15NS. The fourth-order valence-corrected chi connectivity index (χ4v) is 4.59. The van der Waals surface area contributed by atoms with Gasteiger partial charge >= 0.3 is 0 Å². The van der Waals surface area contributed by atoms with Crippen molar-refractivity contribution in [2.45, 2.75) is 21.6 Å². The minimum atomic E-state index is 0.207. The normalized spacial score (nSPS) is 19.6. The number of hydrogen-bond acceptors (Lipinski definition) is 2. The highest BCUT2D eigenvalue weighted by Crippen LogP contribution is 2.51. The predicted octanol–water partition coefficient (Wildman–Crippen LogP) is 3.43. The van der Waals surface area contributed by atoms with E-state index in [4.69, 9.17) is 0 Å². The van der Waals surface area contributed by atoms with E-state index in [0.717, 1.165) is 13.1 Å². The van der Waals surface area contributed by atoms with Crippen LogP contribution in [0.5, 0.6) is 0 Å². The van der Waals surface area contributed by atoms with Gasteiger partial charge in [0, 0.05) is 21.8 Å². The molecule has 2 aromatic rings. The van der Waals surface area contributed by atoms with Gasteiger partial charge in [-0.1, -0.05) is 48.2 Å². The van der Waals surface area contributed by atoms with Gasteiger partial charge in [0.05, 0.1) is 0 Å². The van der Waals surface area contributed by atoms with E-state index >= 15 is 0 Å². The first-order chi connectivity index (χ1) is 8.90. The molecule has 0 unspecified atom stereocenters. The van der Waals surface area contributed by atoms with Crippen LogP contribution in [-0.2, 0) is 5.41 Å². The third-order valence-corrected chi connectivity index (χ3v) is 5.33. The number of rotatable bonds is 0. The molecule has 0 bridgehead atoms. The van der Waals surface area contributed by atoms with Gasteiger partial charge in [-0.15, -0.1) is 0 Å². The molecular weight excluding hydrogens is 238 g/mol. The standard InChI is InChI=1S/C16H15NS/c1-3-7-14-12(5-1)16(9-10-17-11-16)13-6-2-4-8-15(13)18-14/h1-8,17H,9-11H2. The Morgan fingerprint density at radius 2 is 1.50 bits per heavy atom. The van der Waals surface area contributed by atoms with Gasteiger partial charge in [0.2, 0.25) is 0 Å². The third kappa shape index (κ3) is 1.33. The molecule has 1 saturated heterocycles. The molecule has 0 aromatic heterocycles. The zero-order valence-corrected chi connectivity index (χ0v) is 11.0. The number of hydrogen-bond donors (Lipinski definition) is 1. The monoisotopic (exact) mass is 253 g/mol. The van der Waals surface area contributed by atoms with Gasteiger partial charge in [-0.3, -0.25) is 0 Å². The van der Waals surface area contributed by atoms with Gasteiger partial charge in [0.1, 0.15) is 0 Å². The third-order valence-electron chi connectivity index (χ3n) is 4.18. The van der Waals surface area contributed by atoms with Crippen LogP contribution in [-0.4, -0.2) is 13.1 Å². The molecule has 2 aliphatic rings. The molecule has 0 aliphatic carbocycles. The summed E-state index contributed by atoms with van der Waals surface area (Å²) >= 11 is 1.92. The summed E-state index contributed by atoms with van der Waals surface area (Å²) in [4.78, 5) is 2.86. The van der Waals surface area contributed by atoms with Crippen molar-refractivity contribution in [2.75, 3.05) is 13.1 Å². The van der Waals surface area contributed by atoms with E-state index in [-0.39, 0.29) is 5.41 Å². The SMILES string of the molecule is c1ccc2c(c1)Sc1ccccc1C21CCNC1. The summed E-state index contributed by atoms with van der Waals surface area (Å²) in [6.07, 6.45) is 1.21. The van der Waals surface area contributed by atoms with Crippen LogP contribution in [0.2, 0.25) is 0 Å². The Kier molecular flexibility index (Phi) is 2.29. The van der Waals surface area contributed by atoms with Crippen molar-refractivity contribution in [2.24, 2.45) is 0 Å². The highest BCUT2D eigenvalue weighted by Gasteiger charge is 2.42. The van der Waals surface area contributed by atoms with Crippen LogP contribution >= 0.6 is 11.8 Å². The van der Waals surface area contributed by atoms with Crippen LogP contribution in [0.25, 0.3) is 0 Å². The zero-order chi connectivity index (χ0) is 12.0. The van der Waals surface area contributed by atoms with E-state index in [1.165, 1.54) is 27.3 Å². The van der Waals surface area contributed by atoms with E-state index in [0.29, 0.717) is 0 Å². The fourth-order valence-electron chi connectivity index (χ4n) is 3.32. The van der Waals surface area contributed by atoms with Crippen LogP contribution in [0, 0.1) is 0 Å². The average Bonchev–Trinajstić information content (AvgIpc) is 2.90. The van der Waals surface area contributed by atoms with Crippen LogP contribution < -0.4 is 5.32 Å². The summed E-state index contributed by atoms with van der Waals surface area (Å²) in [7, 11) is 0. The summed E-state index contributed by atoms with van der Waals surface area (Å²) in [5.74, 6) is 0. The quantitative estimate of drug-likeness (QED) is 0.772. The highest BCUT2D eigenvalue weighted by molar-refractivity contribution is 7.99. The highest BCUT2D eigenvalue weighted by atomic mass is 32.2. The molecule has 90 valence electrons. The van der Waals surface area contributed by atoms with Crippen molar-refractivity contribution >= 4 is 11.8 Å². The lowest BCUT2D eigenvalue weighted by Crippen LogP contribution is -2.33. The summed E-state index contributed by atoms with van der Waals surface area (Å²) in [5.41, 5.74) is 3.23. The zero-order valence-electron chi connectivity index (χ0n) is 10.1. The Labute approximate surface area is 112 Å². The molecule has 2 aromatic carbocycles. The van der Waals surface area contributed by atoms with Crippen molar-refractivity contribution in [3.05, 3.63) is 59.7 Å². The molecule has 1 spiro atoms. The van der Waals surface area contributed by atoms with Crippen molar-refractivity contribution in [3.63, 3.8) is 0 Å². The molecule has 0 atom stereocenters. The molecule has 0 radical (unpaired) electrons. The van der Waals surface area contributed by atoms with Gasteiger partial charge in [-0.05, 0) is 36.2 Å². The second-order valence-corrected chi connectivity index (χ2v) is 6.19. The van der Waals surface area contributed by atoms with Gasteiger partial charge < -0.3 is 5.32 Å². The molecule has 2 heteroatoms. The maximum absolute atomic E-state index is 3.56. The lowest BCUT2D eigenvalue weighted by Gasteiger charge is -2.36. The van der Waals surface area contributed by atoms with E-state index in [2.05, 4.69) is 53.8 Å². The molecule has 0 amide bonds. The number of fused-ring (bicyclic) bond motifs is 4. The first-order valence-corrected chi connectivity index (χ1v) is 7.29. The van der Waals surface area contributed by atoms with Crippen LogP contribution in [0.15, 0.2) is 58.3 Å². The topological polar surface area (TPSA) is 12.0 Å². The van der Waals surface area contributed by atoms with E-state index in [1.807, 2.05) is 11.8 Å². The molecule has 2 heterocycles. The maximum atomic E-state index is 3.56. The Balaban J connectivity index is 2.01. The molecule has 18 heavy (non-hydrogen) atoms. The summed E-state index contributed by atoms with van der Waals surface area (Å²) in [5, 5.41) is 3.56. The summed E-state index contributed by atoms with van der Waals surface area (Å²) in [6.45, 7) is 2.19. The predicted molar refractivity (Wildman–Crippen MR) is 75.3 cm³/mol. The Morgan fingerprint density at radius 3 is 2.06 bits per heavy atom. The first-order valence-electron chi connectivity index (χ1n) is 6.48. The van der Waals surface area contributed by atoms with Gasteiger partial charge in [0.25, 0.3) is 0 Å². The lowest BCUT2D eigenvalue weighted by molar-refractivity contribution is 0.544. The molecule has 2 aliphatic heterocycles. The van der Waals surface area contributed by atoms with Gasteiger partial charge in [-0.2, -0.15) is 0 Å². The van der Waals surface area contributed by atoms with Crippen LogP contribution in [0.3, 0.4) is 0 Å². The van der Waals surface area contributed by atoms with Gasteiger partial charge in [0.15, 0.2) is 0 Å². The Morgan fingerprint density at radius 1 is 0.889 bits per heavy atom. The minimum Gasteiger partial charge on any atom is -0.315 e. The first kappa shape index (κ1) is 10.7. The Hall–Kier alpha value is -1.25. The second-order valence-electron chi connectivity index (χ2n) is 5.10. The van der Waals surface area contributed by atoms with Crippen LogP contribution in [0.1, 0.15) is 17.5 Å². The summed E-state index contributed by atoms with van der Waals surface area (Å²) < 4.78 is 0. The van der Waals surface area contributed by atoms with Crippen LogP contribution in [0.4, 0.5) is 0 Å². The van der Waals surface area contributed by atoms with Crippen molar-refractivity contribution in [1.82, 2.24) is 5.32 Å². The van der Waals surface area contributed by atoms with Crippen molar-refractivity contribution in [3.8, 4) is 0 Å². The summed E-state index contributed by atoms with van der Waals surface area (Å²) in [6, 6.07) is 17.8. The Bertz CT molecular complexity index is 552. The lowest BCUT2D eigenvalue weighted by atomic mass is 9.73. The van der Waals surface area contributed by atoms with Gasteiger partial charge in [-0.25, -0.2) is 0 Å². The van der Waals surface area contributed by atoms with Crippen molar-refractivity contribution < 1.29 is 0 Å². The molecule has 0 saturated carbocycles. The smallest absolute Gasteiger partial charge is 0.0361 e. The average molecular weight is 253 g/mol. The van der Waals surface area contributed by atoms with E-state index in [1.54, 1.807) is 0 Å². The minimum absolute atomic E-state index is 0.207. The molecule has 1 N–H and O–H groups in total. The molecule has 1 nitrogen and oxygen atoms in total. The fraction of sp³-hybridized carbons (Fsp3) is 0.250. The number of benzene rings is 2. The number of nitrogens with one attached hydrogen (secondary N) is 1. The van der Waals surface area contributed by atoms with Crippen molar-refractivity contribution in [1.29, 1.82) is 0 Å². The van der Waals surface area contributed by atoms with E-state index < -0.39 is 0 Å². The second kappa shape index (κ2) is 3.87.